The molecular formula is C19H21N5O2S. The van der Waals surface area contributed by atoms with Gasteiger partial charge in [0.2, 0.25) is 0 Å². The first-order chi connectivity index (χ1) is 13.3. The van der Waals surface area contributed by atoms with Crippen molar-refractivity contribution < 1.29 is 9.53 Å². The van der Waals surface area contributed by atoms with Gasteiger partial charge in [0.05, 0.1) is 0 Å². The van der Waals surface area contributed by atoms with Gasteiger partial charge in [-0.25, -0.2) is 4.98 Å². The fourth-order valence-electron chi connectivity index (χ4n) is 3.82. The summed E-state index contributed by atoms with van der Waals surface area (Å²) in [5.41, 5.74) is 2.54. The molecule has 2 N–H and O–H groups in total. The van der Waals surface area contributed by atoms with E-state index < -0.39 is 0 Å². The van der Waals surface area contributed by atoms with Crippen molar-refractivity contribution >= 4 is 28.8 Å². The number of amides is 1. The Morgan fingerprint density at radius 1 is 1.30 bits per heavy atom. The molecule has 0 spiro atoms. The van der Waals surface area contributed by atoms with E-state index in [0.717, 1.165) is 41.6 Å². The molecule has 3 aliphatic rings. The fraction of sp³-hybridized carbons (Fsp3) is 0.421. The molecule has 0 aliphatic carbocycles. The smallest absolute Gasteiger partial charge is 0.280 e. The summed E-state index contributed by atoms with van der Waals surface area (Å²) in [7, 11) is 0. The van der Waals surface area contributed by atoms with Crippen LogP contribution in [-0.2, 0) is 11.2 Å². The minimum absolute atomic E-state index is 0.113. The highest BCUT2D eigenvalue weighted by atomic mass is 32.1. The number of aromatic nitrogens is 1. The predicted octanol–water partition coefficient (Wildman–Crippen LogP) is 0.361. The van der Waals surface area contributed by atoms with Gasteiger partial charge >= 0.3 is 0 Å². The fourth-order valence-corrected chi connectivity index (χ4v) is 4.66. The van der Waals surface area contributed by atoms with Crippen LogP contribution in [0.3, 0.4) is 0 Å². The highest BCUT2D eigenvalue weighted by Crippen LogP contribution is 2.29. The Morgan fingerprint density at radius 2 is 2.15 bits per heavy atom. The van der Waals surface area contributed by atoms with Gasteiger partial charge in [0.25, 0.3) is 5.91 Å². The van der Waals surface area contributed by atoms with E-state index in [9.17, 15) is 4.79 Å². The third kappa shape index (κ3) is 3.08. The number of rotatable bonds is 3. The molecule has 1 aromatic carbocycles. The summed E-state index contributed by atoms with van der Waals surface area (Å²) in [6, 6.07) is 8.59. The Bertz CT molecular complexity index is 996. The molecule has 1 saturated heterocycles. The SMILES string of the molecule is O=C(NC1CCOCC1)c1nc2c(s1)=NCNC=2N1CCc2ccccc21. The number of benzene rings is 1. The quantitative estimate of drug-likeness (QED) is 0.800. The molecule has 2 aromatic rings. The average molecular weight is 383 g/mol. The Labute approximate surface area is 160 Å². The molecule has 0 bridgehead atoms. The zero-order valence-corrected chi connectivity index (χ0v) is 15.7. The maximum absolute atomic E-state index is 12.7. The third-order valence-corrected chi connectivity index (χ3v) is 6.20. The van der Waals surface area contributed by atoms with Crippen LogP contribution in [0.4, 0.5) is 5.69 Å². The van der Waals surface area contributed by atoms with Gasteiger partial charge < -0.3 is 20.3 Å². The second-order valence-electron chi connectivity index (χ2n) is 6.90. The monoisotopic (exact) mass is 383 g/mol. The van der Waals surface area contributed by atoms with Crippen LogP contribution in [0.15, 0.2) is 29.3 Å². The lowest BCUT2D eigenvalue weighted by atomic mass is 10.1. The van der Waals surface area contributed by atoms with Crippen LogP contribution < -0.4 is 25.6 Å². The van der Waals surface area contributed by atoms with Gasteiger partial charge in [0.15, 0.2) is 5.01 Å². The number of anilines is 1. The van der Waals surface area contributed by atoms with E-state index in [-0.39, 0.29) is 11.9 Å². The zero-order valence-electron chi connectivity index (χ0n) is 14.9. The van der Waals surface area contributed by atoms with Crippen LogP contribution in [0.2, 0.25) is 0 Å². The first kappa shape index (κ1) is 16.7. The minimum Gasteiger partial charge on any atom is -0.381 e. The highest BCUT2D eigenvalue weighted by molar-refractivity contribution is 7.11. The molecular weight excluding hydrogens is 362 g/mol. The molecule has 140 valence electrons. The Hall–Kier alpha value is -2.45. The van der Waals surface area contributed by atoms with E-state index in [1.807, 2.05) is 0 Å². The van der Waals surface area contributed by atoms with Crippen LogP contribution in [-0.4, -0.2) is 43.4 Å². The molecule has 8 heteroatoms. The van der Waals surface area contributed by atoms with Crippen molar-refractivity contribution in [1.29, 1.82) is 0 Å². The van der Waals surface area contributed by atoms with Crippen molar-refractivity contribution in [2.24, 2.45) is 4.99 Å². The standard InChI is InChI=1S/C19H21N5O2S/c25-17(22-13-6-9-26-10-7-13)19-23-15-16(20-11-21-18(15)27-19)24-8-5-12-3-1-2-4-14(12)24/h1-4,13,20H,5-11H2,(H,22,25). The molecule has 5 rings (SSSR count). The van der Waals surface area contributed by atoms with E-state index in [2.05, 4.69) is 49.8 Å². The van der Waals surface area contributed by atoms with Gasteiger partial charge in [0.1, 0.15) is 22.5 Å². The maximum Gasteiger partial charge on any atom is 0.280 e. The molecule has 1 fully saturated rings. The van der Waals surface area contributed by atoms with Crippen molar-refractivity contribution in [3.05, 3.63) is 44.9 Å². The van der Waals surface area contributed by atoms with Crippen LogP contribution >= 0.6 is 11.3 Å². The summed E-state index contributed by atoms with van der Waals surface area (Å²) in [4.78, 5) is 24.1. The topological polar surface area (TPSA) is 78.8 Å². The molecule has 4 heterocycles. The van der Waals surface area contributed by atoms with Gasteiger partial charge in [0, 0.05) is 31.5 Å². The van der Waals surface area contributed by atoms with Crippen molar-refractivity contribution in [1.82, 2.24) is 15.6 Å². The van der Waals surface area contributed by atoms with Crippen molar-refractivity contribution in [2.45, 2.75) is 25.3 Å². The molecule has 0 saturated carbocycles. The van der Waals surface area contributed by atoms with Crippen LogP contribution in [0.25, 0.3) is 5.82 Å². The van der Waals surface area contributed by atoms with E-state index >= 15 is 0 Å². The Kier molecular flexibility index (Phi) is 4.29. The molecule has 0 unspecified atom stereocenters. The number of para-hydroxylation sites is 1. The van der Waals surface area contributed by atoms with Crippen molar-refractivity contribution in [3.63, 3.8) is 0 Å². The summed E-state index contributed by atoms with van der Waals surface area (Å²) in [5, 5.41) is 7.71. The molecule has 7 nitrogen and oxygen atoms in total. The summed E-state index contributed by atoms with van der Waals surface area (Å²) < 4.78 is 6.18. The third-order valence-electron chi connectivity index (χ3n) is 5.21. The van der Waals surface area contributed by atoms with E-state index in [1.165, 1.54) is 22.6 Å². The van der Waals surface area contributed by atoms with Gasteiger partial charge in [-0.1, -0.05) is 29.5 Å². The first-order valence-electron chi connectivity index (χ1n) is 9.33. The lowest BCUT2D eigenvalue weighted by Crippen LogP contribution is -2.44. The predicted molar refractivity (Wildman–Crippen MR) is 103 cm³/mol. The van der Waals surface area contributed by atoms with Crippen LogP contribution in [0, 0.1) is 0 Å². The molecule has 0 atom stereocenters. The Morgan fingerprint density at radius 3 is 3.04 bits per heavy atom. The summed E-state index contributed by atoms with van der Waals surface area (Å²) >= 11 is 1.37. The van der Waals surface area contributed by atoms with Crippen molar-refractivity contribution in [2.75, 3.05) is 31.3 Å². The summed E-state index contributed by atoms with van der Waals surface area (Å²) in [5.74, 6) is 0.837. The molecule has 1 aromatic heterocycles. The Balaban J connectivity index is 1.48. The lowest BCUT2D eigenvalue weighted by Gasteiger charge is -2.24. The van der Waals surface area contributed by atoms with Crippen molar-refractivity contribution in [3.8, 4) is 0 Å². The highest BCUT2D eigenvalue weighted by Gasteiger charge is 2.26. The molecule has 1 amide bonds. The van der Waals surface area contributed by atoms with E-state index in [0.29, 0.717) is 24.9 Å². The average Bonchev–Trinajstić information content (AvgIpc) is 3.33. The number of nitrogens with one attached hydrogen (secondary N) is 2. The molecule has 3 aliphatic heterocycles. The summed E-state index contributed by atoms with van der Waals surface area (Å²) in [6.07, 6.45) is 2.71. The van der Waals surface area contributed by atoms with Gasteiger partial charge in [-0.3, -0.25) is 9.79 Å². The number of thiazole rings is 1. The van der Waals surface area contributed by atoms with Gasteiger partial charge in [-0.05, 0) is 30.9 Å². The first-order valence-corrected chi connectivity index (χ1v) is 10.1. The zero-order chi connectivity index (χ0) is 18.2. The minimum atomic E-state index is -0.113. The largest absolute Gasteiger partial charge is 0.381 e. The molecule has 27 heavy (non-hydrogen) atoms. The summed E-state index contributed by atoms with van der Waals surface area (Å²) in [6.45, 7) is 2.81. The second-order valence-corrected chi connectivity index (χ2v) is 7.88. The van der Waals surface area contributed by atoms with E-state index in [4.69, 9.17) is 4.74 Å². The van der Waals surface area contributed by atoms with Crippen LogP contribution in [0.1, 0.15) is 28.2 Å². The van der Waals surface area contributed by atoms with Gasteiger partial charge in [-0.2, -0.15) is 0 Å². The second kappa shape index (κ2) is 6.94. The number of carbonyl (C=O) groups excluding carboxylic acids is 1. The number of hydrogen-bond acceptors (Lipinski definition) is 7. The number of hydrogen-bond donors (Lipinski definition) is 2. The van der Waals surface area contributed by atoms with Crippen LogP contribution in [0.5, 0.6) is 0 Å². The number of carbonyl (C=O) groups is 1. The lowest BCUT2D eigenvalue weighted by molar-refractivity contribution is 0.0696. The molecule has 0 radical (unpaired) electrons. The maximum atomic E-state index is 12.7. The number of nitrogens with zero attached hydrogens (tertiary/aromatic N) is 3. The van der Waals surface area contributed by atoms with Gasteiger partial charge in [-0.15, -0.1) is 0 Å². The number of fused-ring (bicyclic) bond motifs is 2. The normalized spacial score (nSPS) is 19.1. The number of ether oxygens (including phenoxy) is 1. The van der Waals surface area contributed by atoms with E-state index in [1.54, 1.807) is 0 Å².